The van der Waals surface area contributed by atoms with Crippen LogP contribution in [0.2, 0.25) is 5.02 Å². The number of hydrogen-bond donors (Lipinski definition) is 1. The summed E-state index contributed by atoms with van der Waals surface area (Å²) < 4.78 is 14.2. The van der Waals surface area contributed by atoms with Crippen LogP contribution in [0.1, 0.15) is 41.6 Å². The second-order valence-corrected chi connectivity index (χ2v) is 5.77. The van der Waals surface area contributed by atoms with Crippen LogP contribution in [0.3, 0.4) is 0 Å². The van der Waals surface area contributed by atoms with Gasteiger partial charge in [0.2, 0.25) is 0 Å². The smallest absolute Gasteiger partial charge is 0.128 e. The van der Waals surface area contributed by atoms with Crippen LogP contribution < -0.4 is 5.32 Å². The highest BCUT2D eigenvalue weighted by Crippen LogP contribution is 2.30. The summed E-state index contributed by atoms with van der Waals surface area (Å²) in [5.41, 5.74) is 3.84. The van der Waals surface area contributed by atoms with Gasteiger partial charge >= 0.3 is 0 Å². The summed E-state index contributed by atoms with van der Waals surface area (Å²) in [6, 6.07) is 10.8. The second kappa shape index (κ2) is 7.06. The van der Waals surface area contributed by atoms with E-state index in [1.165, 1.54) is 6.07 Å². The van der Waals surface area contributed by atoms with E-state index in [9.17, 15) is 4.39 Å². The van der Waals surface area contributed by atoms with E-state index in [1.807, 2.05) is 32.0 Å². The van der Waals surface area contributed by atoms with Crippen LogP contribution in [0, 0.1) is 19.7 Å². The lowest BCUT2D eigenvalue weighted by molar-refractivity contribution is 0.545. The van der Waals surface area contributed by atoms with Crippen molar-refractivity contribution in [2.24, 2.45) is 0 Å². The molecule has 0 aliphatic rings. The van der Waals surface area contributed by atoms with Crippen LogP contribution in [-0.4, -0.2) is 6.54 Å². The van der Waals surface area contributed by atoms with Crippen molar-refractivity contribution in [1.82, 2.24) is 5.32 Å². The van der Waals surface area contributed by atoms with Gasteiger partial charge in [0.1, 0.15) is 5.82 Å². The Kier molecular flexibility index (Phi) is 5.38. The van der Waals surface area contributed by atoms with Gasteiger partial charge in [-0.25, -0.2) is 4.39 Å². The van der Waals surface area contributed by atoms with Crippen molar-refractivity contribution in [3.63, 3.8) is 0 Å². The molecule has 112 valence electrons. The van der Waals surface area contributed by atoms with E-state index in [2.05, 4.69) is 18.3 Å². The maximum Gasteiger partial charge on any atom is 0.128 e. The minimum atomic E-state index is -0.182. The average Bonchev–Trinajstić information content (AvgIpc) is 2.46. The lowest BCUT2D eigenvalue weighted by atomic mass is 9.93. The molecule has 0 bridgehead atoms. The largest absolute Gasteiger partial charge is 0.306 e. The molecule has 0 fully saturated rings. The van der Waals surface area contributed by atoms with Crippen molar-refractivity contribution in [1.29, 1.82) is 0 Å². The van der Waals surface area contributed by atoms with E-state index in [4.69, 9.17) is 11.6 Å². The predicted molar refractivity (Wildman–Crippen MR) is 87.5 cm³/mol. The Morgan fingerprint density at radius 1 is 1.10 bits per heavy atom. The molecule has 2 rings (SSSR count). The zero-order chi connectivity index (χ0) is 15.4. The summed E-state index contributed by atoms with van der Waals surface area (Å²) in [5, 5.41) is 4.20. The maximum atomic E-state index is 14.2. The van der Waals surface area contributed by atoms with Crippen molar-refractivity contribution in [2.45, 2.75) is 33.2 Å². The zero-order valence-corrected chi connectivity index (χ0v) is 13.5. The van der Waals surface area contributed by atoms with Crippen LogP contribution in [0.25, 0.3) is 0 Å². The molecule has 3 heteroatoms. The van der Waals surface area contributed by atoms with Crippen molar-refractivity contribution in [2.75, 3.05) is 6.54 Å². The van der Waals surface area contributed by atoms with Gasteiger partial charge in [-0.3, -0.25) is 0 Å². The highest BCUT2D eigenvalue weighted by atomic mass is 35.5. The number of hydrogen-bond acceptors (Lipinski definition) is 1. The minimum absolute atomic E-state index is 0.151. The summed E-state index contributed by atoms with van der Waals surface area (Å²) in [5.74, 6) is -0.182. The van der Waals surface area contributed by atoms with Crippen LogP contribution in [-0.2, 0) is 0 Å². The Labute approximate surface area is 131 Å². The highest BCUT2D eigenvalue weighted by molar-refractivity contribution is 6.31. The summed E-state index contributed by atoms with van der Waals surface area (Å²) in [4.78, 5) is 0. The standard InChI is InChI=1S/C18H21ClFN/c1-4-9-21-18(14-7-5-6-8-17(14)20)15-10-13(3)16(19)11-12(15)2/h5-8,10-11,18,21H,4,9H2,1-3H3. The quantitative estimate of drug-likeness (QED) is 0.802. The third-order valence-electron chi connectivity index (χ3n) is 3.67. The molecule has 0 saturated heterocycles. The molecule has 0 heterocycles. The molecule has 1 nitrogen and oxygen atoms in total. The van der Waals surface area contributed by atoms with Gasteiger partial charge in [-0.2, -0.15) is 0 Å². The molecule has 1 N–H and O–H groups in total. The van der Waals surface area contributed by atoms with Gasteiger partial charge in [-0.05, 0) is 55.6 Å². The fourth-order valence-corrected chi connectivity index (χ4v) is 2.72. The normalized spacial score (nSPS) is 12.4. The van der Waals surface area contributed by atoms with Crippen LogP contribution >= 0.6 is 11.6 Å². The summed E-state index contributed by atoms with van der Waals surface area (Å²) in [6.07, 6.45) is 0.997. The molecule has 2 aromatic carbocycles. The van der Waals surface area contributed by atoms with E-state index in [0.29, 0.717) is 5.56 Å². The van der Waals surface area contributed by atoms with Crippen LogP contribution in [0.4, 0.5) is 4.39 Å². The third kappa shape index (κ3) is 3.63. The predicted octanol–water partition coefficient (Wildman–Crippen LogP) is 5.18. The molecule has 0 radical (unpaired) electrons. The molecule has 0 aromatic heterocycles. The van der Waals surface area contributed by atoms with Crippen molar-refractivity contribution in [3.05, 3.63) is 69.5 Å². The SMILES string of the molecule is CCCNC(c1cc(C)c(Cl)cc1C)c1ccccc1F. The van der Waals surface area contributed by atoms with Gasteiger partial charge in [0, 0.05) is 10.6 Å². The first kappa shape index (κ1) is 16.0. The van der Waals surface area contributed by atoms with E-state index in [1.54, 1.807) is 6.07 Å². The van der Waals surface area contributed by atoms with Crippen molar-refractivity contribution < 1.29 is 4.39 Å². The van der Waals surface area contributed by atoms with Crippen molar-refractivity contribution >= 4 is 11.6 Å². The average molecular weight is 306 g/mol. The highest BCUT2D eigenvalue weighted by Gasteiger charge is 2.19. The Morgan fingerprint density at radius 2 is 1.81 bits per heavy atom. The molecule has 1 unspecified atom stereocenters. The Bertz CT molecular complexity index is 625. The van der Waals surface area contributed by atoms with Crippen molar-refractivity contribution in [3.8, 4) is 0 Å². The minimum Gasteiger partial charge on any atom is -0.306 e. The first-order valence-corrected chi connectivity index (χ1v) is 7.66. The van der Waals surface area contributed by atoms with Gasteiger partial charge < -0.3 is 5.32 Å². The monoisotopic (exact) mass is 305 g/mol. The molecule has 21 heavy (non-hydrogen) atoms. The fraction of sp³-hybridized carbons (Fsp3) is 0.333. The molecular formula is C18H21ClFN. The summed E-state index contributed by atoms with van der Waals surface area (Å²) in [6.45, 7) is 6.93. The van der Waals surface area contributed by atoms with Gasteiger partial charge in [0.25, 0.3) is 0 Å². The van der Waals surface area contributed by atoms with Gasteiger partial charge in [-0.1, -0.05) is 42.8 Å². The number of halogens is 2. The lowest BCUT2D eigenvalue weighted by Gasteiger charge is -2.23. The number of benzene rings is 2. The summed E-state index contributed by atoms with van der Waals surface area (Å²) in [7, 11) is 0. The first-order chi connectivity index (χ1) is 10.0. The Balaban J connectivity index is 2.51. The lowest BCUT2D eigenvalue weighted by Crippen LogP contribution is -2.25. The molecule has 0 aliphatic heterocycles. The van der Waals surface area contributed by atoms with Gasteiger partial charge in [-0.15, -0.1) is 0 Å². The Morgan fingerprint density at radius 3 is 2.48 bits per heavy atom. The molecule has 1 atom stereocenters. The maximum absolute atomic E-state index is 14.2. The molecule has 0 spiro atoms. The van der Waals surface area contributed by atoms with Gasteiger partial charge in [0.15, 0.2) is 0 Å². The zero-order valence-electron chi connectivity index (χ0n) is 12.7. The third-order valence-corrected chi connectivity index (χ3v) is 4.08. The van der Waals surface area contributed by atoms with E-state index in [0.717, 1.165) is 34.7 Å². The molecule has 2 aromatic rings. The fourth-order valence-electron chi connectivity index (χ4n) is 2.50. The molecule has 0 aliphatic carbocycles. The number of rotatable bonds is 5. The first-order valence-electron chi connectivity index (χ1n) is 7.29. The molecule has 0 saturated carbocycles. The molecular weight excluding hydrogens is 285 g/mol. The second-order valence-electron chi connectivity index (χ2n) is 5.37. The van der Waals surface area contributed by atoms with Crippen LogP contribution in [0.15, 0.2) is 36.4 Å². The molecule has 0 amide bonds. The van der Waals surface area contributed by atoms with E-state index < -0.39 is 0 Å². The Hall–Kier alpha value is -1.38. The van der Waals surface area contributed by atoms with Gasteiger partial charge in [0.05, 0.1) is 6.04 Å². The van der Waals surface area contributed by atoms with Crippen LogP contribution in [0.5, 0.6) is 0 Å². The topological polar surface area (TPSA) is 12.0 Å². The number of aryl methyl sites for hydroxylation is 2. The summed E-state index contributed by atoms with van der Waals surface area (Å²) >= 11 is 6.18. The number of nitrogens with one attached hydrogen (secondary N) is 1. The van der Waals surface area contributed by atoms with E-state index in [-0.39, 0.29) is 11.9 Å². The van der Waals surface area contributed by atoms with E-state index >= 15 is 0 Å².